The van der Waals surface area contributed by atoms with Crippen molar-refractivity contribution in [3.63, 3.8) is 0 Å². The first-order valence-corrected chi connectivity index (χ1v) is 11.3. The highest BCUT2D eigenvalue weighted by Crippen LogP contribution is 2.44. The van der Waals surface area contributed by atoms with Gasteiger partial charge in [-0.3, -0.25) is 24.8 Å². The average molecular weight is 468 g/mol. The third-order valence-electron chi connectivity index (χ3n) is 6.50. The highest BCUT2D eigenvalue weighted by atomic mass is 16.6. The van der Waals surface area contributed by atoms with Gasteiger partial charge in [-0.1, -0.05) is 30.3 Å². The van der Waals surface area contributed by atoms with Crippen LogP contribution in [0.5, 0.6) is 0 Å². The van der Waals surface area contributed by atoms with Gasteiger partial charge in [0.2, 0.25) is 0 Å². The van der Waals surface area contributed by atoms with Crippen molar-refractivity contribution in [2.45, 2.75) is 25.2 Å². The summed E-state index contributed by atoms with van der Waals surface area (Å²) in [5, 5.41) is 17.6. The van der Waals surface area contributed by atoms with E-state index in [-0.39, 0.29) is 17.0 Å². The van der Waals surface area contributed by atoms with Gasteiger partial charge >= 0.3 is 0 Å². The minimum absolute atomic E-state index is 0.0189. The molecule has 1 atom stereocenters. The molecule has 2 aromatic carbocycles. The lowest BCUT2D eigenvalue weighted by atomic mass is 9.79. The van der Waals surface area contributed by atoms with E-state index < -0.39 is 10.8 Å². The summed E-state index contributed by atoms with van der Waals surface area (Å²) in [6, 6.07) is 18.8. The third-order valence-corrected chi connectivity index (χ3v) is 6.50. The van der Waals surface area contributed by atoms with E-state index in [9.17, 15) is 19.7 Å². The lowest BCUT2D eigenvalue weighted by Gasteiger charge is -2.29. The van der Waals surface area contributed by atoms with Crippen LogP contribution in [0.4, 0.5) is 11.5 Å². The largest absolute Gasteiger partial charge is 0.460 e. The summed E-state index contributed by atoms with van der Waals surface area (Å²) in [5.74, 6) is 0.691. The summed E-state index contributed by atoms with van der Waals surface area (Å²) < 4.78 is 7.63. The number of aromatic nitrogens is 2. The number of nitrogens with zero attached hydrogens (tertiary/aromatic N) is 2. The second kappa shape index (κ2) is 7.98. The number of para-hydroxylation sites is 1. The van der Waals surface area contributed by atoms with Crippen molar-refractivity contribution in [1.82, 2.24) is 9.78 Å². The molecule has 2 N–H and O–H groups in total. The van der Waals surface area contributed by atoms with Crippen molar-refractivity contribution < 1.29 is 14.1 Å². The Hall–Kier alpha value is -4.66. The van der Waals surface area contributed by atoms with E-state index in [2.05, 4.69) is 10.4 Å². The summed E-state index contributed by atoms with van der Waals surface area (Å²) in [7, 11) is 0. The second-order valence-electron chi connectivity index (χ2n) is 8.61. The van der Waals surface area contributed by atoms with E-state index in [1.165, 1.54) is 16.8 Å². The number of non-ortho nitro benzene ring substituents is 1. The van der Waals surface area contributed by atoms with Gasteiger partial charge in [-0.05, 0) is 37.1 Å². The van der Waals surface area contributed by atoms with Crippen molar-refractivity contribution in [2.75, 3.05) is 5.32 Å². The van der Waals surface area contributed by atoms with E-state index in [4.69, 9.17) is 4.42 Å². The van der Waals surface area contributed by atoms with E-state index >= 15 is 0 Å². The Morgan fingerprint density at radius 3 is 2.63 bits per heavy atom. The van der Waals surface area contributed by atoms with Gasteiger partial charge in [0, 0.05) is 35.4 Å². The maximum atomic E-state index is 13.6. The van der Waals surface area contributed by atoms with Crippen LogP contribution in [0.3, 0.4) is 0 Å². The molecule has 0 bridgehead atoms. The number of furan rings is 1. The van der Waals surface area contributed by atoms with Gasteiger partial charge < -0.3 is 9.73 Å². The zero-order valence-electron chi connectivity index (χ0n) is 18.5. The first-order valence-electron chi connectivity index (χ1n) is 11.3. The molecule has 9 nitrogen and oxygen atoms in total. The van der Waals surface area contributed by atoms with Gasteiger partial charge in [-0.2, -0.15) is 0 Å². The molecule has 6 rings (SSSR count). The SMILES string of the molecule is O=C1CCCC2=C1C(c1ccc(-c3cccc([N+](=O)[O-])c3)o1)c1c([nH]n(-c3ccccc3)c1=O)N2. The number of fused-ring (bicyclic) bond motifs is 1. The molecular formula is C26H20N4O5. The monoisotopic (exact) mass is 468 g/mol. The van der Waals surface area contributed by atoms with E-state index in [0.29, 0.717) is 52.6 Å². The fraction of sp³-hybridized carbons (Fsp3) is 0.154. The number of ketones is 1. The van der Waals surface area contributed by atoms with Crippen LogP contribution in [-0.4, -0.2) is 20.5 Å². The molecule has 2 aliphatic rings. The van der Waals surface area contributed by atoms with E-state index in [1.807, 2.05) is 30.3 Å². The lowest BCUT2D eigenvalue weighted by molar-refractivity contribution is -0.384. The highest BCUT2D eigenvalue weighted by molar-refractivity contribution is 6.00. The standard InChI is InChI=1S/C26H20N4O5/c31-19-11-5-10-18-22(19)23(21-13-12-20(35-21)15-6-4-9-17(14-15)30(33)34)24-25(27-18)28-29(26(24)32)16-7-2-1-3-8-16/h1-4,6-9,12-14,23,27-28H,5,10-11H2. The number of nitro benzene ring substituents is 1. The smallest absolute Gasteiger partial charge is 0.277 e. The minimum Gasteiger partial charge on any atom is -0.460 e. The molecule has 174 valence electrons. The van der Waals surface area contributed by atoms with Crippen LogP contribution in [0.1, 0.15) is 36.5 Å². The molecule has 1 aliphatic carbocycles. The fourth-order valence-corrected chi connectivity index (χ4v) is 4.92. The number of aromatic amines is 1. The van der Waals surface area contributed by atoms with Crippen molar-refractivity contribution >= 4 is 17.3 Å². The van der Waals surface area contributed by atoms with Crippen molar-refractivity contribution in [2.24, 2.45) is 0 Å². The average Bonchev–Trinajstić information content (AvgIpc) is 3.49. The molecule has 0 saturated heterocycles. The summed E-state index contributed by atoms with van der Waals surface area (Å²) in [6.45, 7) is 0. The highest BCUT2D eigenvalue weighted by Gasteiger charge is 2.40. The zero-order chi connectivity index (χ0) is 24.1. The minimum atomic E-state index is -0.685. The number of benzene rings is 2. The fourth-order valence-electron chi connectivity index (χ4n) is 4.92. The molecule has 1 unspecified atom stereocenters. The van der Waals surface area contributed by atoms with Crippen molar-refractivity contribution in [1.29, 1.82) is 0 Å². The Labute approximate surface area is 198 Å². The lowest BCUT2D eigenvalue weighted by Crippen LogP contribution is -2.29. The number of carbonyl (C=O) groups is 1. The quantitative estimate of drug-likeness (QED) is 0.324. The Balaban J connectivity index is 1.51. The number of hydrogen-bond donors (Lipinski definition) is 2. The van der Waals surface area contributed by atoms with Crippen LogP contribution < -0.4 is 10.9 Å². The predicted molar refractivity (Wildman–Crippen MR) is 129 cm³/mol. The number of H-pyrrole nitrogens is 1. The molecule has 0 amide bonds. The molecule has 0 saturated carbocycles. The molecule has 4 aromatic rings. The molecule has 9 heteroatoms. The molecule has 3 heterocycles. The maximum Gasteiger partial charge on any atom is 0.277 e. The summed E-state index contributed by atoms with van der Waals surface area (Å²) in [4.78, 5) is 37.4. The predicted octanol–water partition coefficient (Wildman–Crippen LogP) is 4.90. The maximum absolute atomic E-state index is 13.6. The summed E-state index contributed by atoms with van der Waals surface area (Å²) in [5.41, 5.74) is 2.62. The summed E-state index contributed by atoms with van der Waals surface area (Å²) in [6.07, 6.45) is 1.82. The number of Topliss-reactive ketones (excluding diaryl/α,β-unsaturated/α-hetero) is 1. The third kappa shape index (κ3) is 3.40. The number of allylic oxidation sites excluding steroid dienone is 2. The van der Waals surface area contributed by atoms with Crippen LogP contribution in [0.2, 0.25) is 0 Å². The molecule has 0 radical (unpaired) electrons. The Kier molecular flexibility index (Phi) is 4.77. The first kappa shape index (κ1) is 20.9. The van der Waals surface area contributed by atoms with Gasteiger partial charge in [0.25, 0.3) is 11.2 Å². The Morgan fingerprint density at radius 2 is 1.83 bits per heavy atom. The van der Waals surface area contributed by atoms with Gasteiger partial charge in [0.15, 0.2) is 5.78 Å². The molecular weight excluding hydrogens is 448 g/mol. The Bertz CT molecular complexity index is 1570. The van der Waals surface area contributed by atoms with Crippen molar-refractivity contribution in [3.05, 3.63) is 110 Å². The number of rotatable bonds is 4. The molecule has 0 fully saturated rings. The number of nitro groups is 1. The van der Waals surface area contributed by atoms with Crippen LogP contribution >= 0.6 is 0 Å². The van der Waals surface area contributed by atoms with E-state index in [1.54, 1.807) is 24.3 Å². The summed E-state index contributed by atoms with van der Waals surface area (Å²) >= 11 is 0. The zero-order valence-corrected chi connectivity index (χ0v) is 18.5. The first-order chi connectivity index (χ1) is 17.0. The van der Waals surface area contributed by atoms with Gasteiger partial charge in [-0.15, -0.1) is 0 Å². The van der Waals surface area contributed by atoms with Crippen LogP contribution in [0.25, 0.3) is 17.0 Å². The topological polar surface area (TPSA) is 123 Å². The van der Waals surface area contributed by atoms with Crippen LogP contribution in [-0.2, 0) is 4.79 Å². The van der Waals surface area contributed by atoms with Crippen molar-refractivity contribution in [3.8, 4) is 17.0 Å². The molecule has 0 spiro atoms. The number of anilines is 1. The van der Waals surface area contributed by atoms with Gasteiger partial charge in [0.1, 0.15) is 17.3 Å². The Morgan fingerprint density at radius 1 is 1.00 bits per heavy atom. The molecule has 35 heavy (non-hydrogen) atoms. The molecule has 2 aromatic heterocycles. The van der Waals surface area contributed by atoms with Crippen LogP contribution in [0, 0.1) is 10.1 Å². The molecule has 1 aliphatic heterocycles. The van der Waals surface area contributed by atoms with Gasteiger partial charge in [-0.25, -0.2) is 4.68 Å². The second-order valence-corrected chi connectivity index (χ2v) is 8.61. The van der Waals surface area contributed by atoms with Gasteiger partial charge in [0.05, 0.1) is 22.1 Å². The normalized spacial score (nSPS) is 17.0. The van der Waals surface area contributed by atoms with Crippen LogP contribution in [0.15, 0.2) is 87.2 Å². The van der Waals surface area contributed by atoms with E-state index in [0.717, 1.165) is 12.1 Å². The number of carbonyl (C=O) groups excluding carboxylic acids is 1. The number of nitrogens with one attached hydrogen (secondary N) is 2. The number of hydrogen-bond acceptors (Lipinski definition) is 6.